The molecule has 6 nitrogen and oxygen atoms in total. The Hall–Kier alpha value is -2.08. The van der Waals surface area contributed by atoms with Gasteiger partial charge in [0, 0.05) is 23.2 Å². The zero-order valence-electron chi connectivity index (χ0n) is 17.2. The van der Waals surface area contributed by atoms with E-state index in [1.807, 2.05) is 19.9 Å². The number of carbonyl (C=O) groups is 4. The number of hydrogen-bond donors (Lipinski definition) is 1. The first-order valence-corrected chi connectivity index (χ1v) is 10.4. The summed E-state index contributed by atoms with van der Waals surface area (Å²) >= 11 is 0. The fourth-order valence-corrected chi connectivity index (χ4v) is 6.84. The summed E-state index contributed by atoms with van der Waals surface area (Å²) in [7, 11) is 1.21. The quantitative estimate of drug-likeness (QED) is 0.577. The van der Waals surface area contributed by atoms with Crippen molar-refractivity contribution in [3.63, 3.8) is 0 Å². The molecule has 1 N–H and O–H groups in total. The molecule has 0 spiro atoms. The van der Waals surface area contributed by atoms with Crippen LogP contribution in [0.3, 0.4) is 0 Å². The fourth-order valence-electron chi connectivity index (χ4n) is 6.84. The Bertz CT molecular complexity index is 869. The van der Waals surface area contributed by atoms with Crippen LogP contribution in [0, 0.1) is 28.6 Å². The number of Topliss-reactive ketones (excluding diaryl/α,β-unsaturated/α-hetero) is 2. The molecule has 0 amide bonds. The highest BCUT2D eigenvalue weighted by Crippen LogP contribution is 2.66. The molecule has 3 fully saturated rings. The number of aliphatic hydroxyl groups is 1. The first-order chi connectivity index (χ1) is 13.6. The molecule has 0 radical (unpaired) electrons. The van der Waals surface area contributed by atoms with Crippen molar-refractivity contribution in [2.75, 3.05) is 7.11 Å². The molecule has 3 saturated carbocycles. The number of carbonyl (C=O) groups excluding carboxylic acids is 4. The van der Waals surface area contributed by atoms with Crippen molar-refractivity contribution in [2.24, 2.45) is 28.6 Å². The maximum Gasteiger partial charge on any atom is 0.313 e. The lowest BCUT2D eigenvalue weighted by Crippen LogP contribution is -2.60. The molecule has 4 rings (SSSR count). The molecular formula is C23H28O6. The van der Waals surface area contributed by atoms with E-state index in [1.165, 1.54) is 7.11 Å². The number of esters is 1. The second-order valence-corrected chi connectivity index (χ2v) is 9.61. The van der Waals surface area contributed by atoms with Gasteiger partial charge in [-0.05, 0) is 49.7 Å². The minimum Gasteiger partial charge on any atom is -0.469 e. The van der Waals surface area contributed by atoms with Gasteiger partial charge in [0.05, 0.1) is 7.11 Å². The molecule has 0 aliphatic heterocycles. The molecule has 0 aromatic rings. The summed E-state index contributed by atoms with van der Waals surface area (Å²) in [6, 6.07) is 0. The van der Waals surface area contributed by atoms with Crippen LogP contribution in [0.15, 0.2) is 23.8 Å². The molecule has 0 bridgehead atoms. The highest BCUT2D eigenvalue weighted by Gasteiger charge is 2.68. The van der Waals surface area contributed by atoms with Gasteiger partial charge in [-0.3, -0.25) is 19.2 Å². The molecule has 6 atom stereocenters. The number of methoxy groups -OCH3 is 1. The lowest BCUT2D eigenvalue weighted by molar-refractivity contribution is -0.169. The summed E-state index contributed by atoms with van der Waals surface area (Å²) < 4.78 is 4.60. The summed E-state index contributed by atoms with van der Waals surface area (Å²) in [5.74, 6) is -1.41. The zero-order valence-corrected chi connectivity index (χ0v) is 17.2. The van der Waals surface area contributed by atoms with E-state index < -0.39 is 34.6 Å². The third-order valence-corrected chi connectivity index (χ3v) is 8.40. The topological polar surface area (TPSA) is 97.7 Å². The van der Waals surface area contributed by atoms with Gasteiger partial charge in [0.2, 0.25) is 0 Å². The van der Waals surface area contributed by atoms with Gasteiger partial charge in [0.15, 0.2) is 11.6 Å². The Morgan fingerprint density at radius 3 is 2.66 bits per heavy atom. The SMILES string of the molecule is COC(=O)CC(=O)[C@]1(O)CC[C@@H]2[C@H]3CCC4=CC(=O)C=C[C@]4(C)[C@@H]3C(=O)C[C@@]21C. The van der Waals surface area contributed by atoms with Gasteiger partial charge in [-0.25, -0.2) is 0 Å². The Morgan fingerprint density at radius 1 is 1.24 bits per heavy atom. The van der Waals surface area contributed by atoms with E-state index in [-0.39, 0.29) is 42.2 Å². The van der Waals surface area contributed by atoms with Crippen molar-refractivity contribution in [2.45, 2.75) is 58.0 Å². The molecule has 0 heterocycles. The van der Waals surface area contributed by atoms with Crippen LogP contribution in [0.25, 0.3) is 0 Å². The van der Waals surface area contributed by atoms with Gasteiger partial charge in [-0.1, -0.05) is 25.5 Å². The Balaban J connectivity index is 1.69. The zero-order chi connectivity index (χ0) is 21.2. The summed E-state index contributed by atoms with van der Waals surface area (Å²) in [4.78, 5) is 49.8. The van der Waals surface area contributed by atoms with E-state index in [2.05, 4.69) is 4.74 Å². The number of hydrogen-bond acceptors (Lipinski definition) is 6. The second kappa shape index (κ2) is 6.46. The Kier molecular flexibility index (Phi) is 4.50. The molecule has 156 valence electrons. The highest BCUT2D eigenvalue weighted by molar-refractivity contribution is 6.03. The Labute approximate surface area is 170 Å². The van der Waals surface area contributed by atoms with Gasteiger partial charge in [0.1, 0.15) is 17.8 Å². The normalized spacial score (nSPS) is 43.2. The lowest BCUT2D eigenvalue weighted by Gasteiger charge is -2.56. The number of fused-ring (bicyclic) bond motifs is 5. The maximum absolute atomic E-state index is 13.4. The van der Waals surface area contributed by atoms with Crippen LogP contribution in [-0.4, -0.2) is 41.1 Å². The molecule has 29 heavy (non-hydrogen) atoms. The molecule has 0 aromatic carbocycles. The number of rotatable bonds is 3. The number of ether oxygens (including phenoxy) is 1. The predicted octanol–water partition coefficient (Wildman–Crippen LogP) is 2.34. The van der Waals surface area contributed by atoms with Crippen molar-refractivity contribution in [1.29, 1.82) is 0 Å². The van der Waals surface area contributed by atoms with Gasteiger partial charge in [-0.15, -0.1) is 0 Å². The fraction of sp³-hybridized carbons (Fsp3) is 0.652. The van der Waals surface area contributed by atoms with Crippen LogP contribution >= 0.6 is 0 Å². The van der Waals surface area contributed by atoms with Crippen LogP contribution in [0.2, 0.25) is 0 Å². The summed E-state index contributed by atoms with van der Waals surface area (Å²) in [5, 5.41) is 11.4. The smallest absolute Gasteiger partial charge is 0.313 e. The van der Waals surface area contributed by atoms with Crippen molar-refractivity contribution in [3.05, 3.63) is 23.8 Å². The maximum atomic E-state index is 13.4. The van der Waals surface area contributed by atoms with Crippen LogP contribution in [0.1, 0.15) is 52.4 Å². The van der Waals surface area contributed by atoms with Crippen LogP contribution in [0.4, 0.5) is 0 Å². The van der Waals surface area contributed by atoms with E-state index in [0.29, 0.717) is 6.42 Å². The standard InChI is InChI=1S/C23H28O6/c1-21-8-6-14(24)10-13(21)4-5-15-16-7-9-23(28,18(26)11-19(27)29-3)22(16,2)12-17(25)20(15)21/h6,8,10,15-16,20,28H,4-5,7,9,11-12H2,1-3H3/t15-,16-,20+,21+,22+,23-/m1/s1. The van der Waals surface area contributed by atoms with Gasteiger partial charge in [0.25, 0.3) is 0 Å². The molecule has 0 unspecified atom stereocenters. The largest absolute Gasteiger partial charge is 0.469 e. The monoisotopic (exact) mass is 400 g/mol. The minimum atomic E-state index is -1.69. The van der Waals surface area contributed by atoms with Gasteiger partial charge >= 0.3 is 5.97 Å². The van der Waals surface area contributed by atoms with E-state index in [9.17, 15) is 24.3 Å². The van der Waals surface area contributed by atoms with Crippen LogP contribution in [-0.2, 0) is 23.9 Å². The van der Waals surface area contributed by atoms with Crippen LogP contribution < -0.4 is 0 Å². The van der Waals surface area contributed by atoms with Gasteiger partial charge in [-0.2, -0.15) is 0 Å². The van der Waals surface area contributed by atoms with Crippen molar-refractivity contribution in [3.8, 4) is 0 Å². The highest BCUT2D eigenvalue weighted by atomic mass is 16.5. The van der Waals surface area contributed by atoms with E-state index in [0.717, 1.165) is 18.4 Å². The number of ketones is 3. The van der Waals surface area contributed by atoms with E-state index in [4.69, 9.17) is 0 Å². The summed E-state index contributed by atoms with van der Waals surface area (Å²) in [5.41, 5.74) is -2.05. The van der Waals surface area contributed by atoms with Gasteiger partial charge < -0.3 is 9.84 Å². The van der Waals surface area contributed by atoms with Crippen molar-refractivity contribution >= 4 is 23.3 Å². The molecule has 4 aliphatic rings. The van der Waals surface area contributed by atoms with E-state index in [1.54, 1.807) is 12.2 Å². The van der Waals surface area contributed by atoms with Crippen molar-refractivity contribution in [1.82, 2.24) is 0 Å². The molecule has 6 heteroatoms. The molecule has 0 aromatic heterocycles. The average Bonchev–Trinajstić information content (AvgIpc) is 2.93. The predicted molar refractivity (Wildman–Crippen MR) is 104 cm³/mol. The minimum absolute atomic E-state index is 0.0150. The first kappa shape index (κ1) is 20.2. The molecule has 4 aliphatic carbocycles. The summed E-state index contributed by atoms with van der Waals surface area (Å²) in [6.07, 6.45) is 7.13. The summed E-state index contributed by atoms with van der Waals surface area (Å²) in [6.45, 7) is 3.87. The lowest BCUT2D eigenvalue weighted by atomic mass is 9.46. The van der Waals surface area contributed by atoms with Crippen LogP contribution in [0.5, 0.6) is 0 Å². The second-order valence-electron chi connectivity index (χ2n) is 9.61. The third kappa shape index (κ3) is 2.64. The molecular weight excluding hydrogens is 372 g/mol. The average molecular weight is 400 g/mol. The third-order valence-electron chi connectivity index (χ3n) is 8.40. The number of allylic oxidation sites excluding steroid dienone is 4. The Morgan fingerprint density at radius 2 is 1.97 bits per heavy atom. The van der Waals surface area contributed by atoms with E-state index >= 15 is 0 Å². The van der Waals surface area contributed by atoms with Crippen molar-refractivity contribution < 1.29 is 29.0 Å². The first-order valence-electron chi connectivity index (χ1n) is 10.4. The molecule has 0 saturated heterocycles.